The Morgan fingerprint density at radius 2 is 1.89 bits per heavy atom. The van der Waals surface area contributed by atoms with Gasteiger partial charge in [0.15, 0.2) is 9.84 Å². The topological polar surface area (TPSA) is 101 Å². The molecule has 0 aromatic heterocycles. The third-order valence-corrected chi connectivity index (χ3v) is 5.72. The number of carboxylic acids is 1. The molecule has 0 radical (unpaired) electrons. The van der Waals surface area contributed by atoms with Gasteiger partial charge in [0.05, 0.1) is 23.5 Å². The number of carbonyl (C=O) groups excluding carboxylic acids is 1. The first kappa shape index (κ1) is 18.9. The van der Waals surface area contributed by atoms with Gasteiger partial charge < -0.3 is 14.7 Å². The molecular weight excluding hydrogens is 370 g/mol. The van der Waals surface area contributed by atoms with Gasteiger partial charge in [0.25, 0.3) is 5.91 Å². The molecule has 1 unspecified atom stereocenters. The van der Waals surface area contributed by atoms with Crippen molar-refractivity contribution in [2.24, 2.45) is 0 Å². The highest BCUT2D eigenvalue weighted by Gasteiger charge is 2.33. The second-order valence-electron chi connectivity index (χ2n) is 6.41. The van der Waals surface area contributed by atoms with Crippen LogP contribution in [0.2, 0.25) is 0 Å². The number of aliphatic carboxylic acids is 1. The van der Waals surface area contributed by atoms with E-state index in [2.05, 4.69) is 0 Å². The van der Waals surface area contributed by atoms with E-state index in [0.29, 0.717) is 5.56 Å². The smallest absolute Gasteiger partial charge is 0.312 e. The van der Waals surface area contributed by atoms with E-state index in [9.17, 15) is 23.1 Å². The van der Waals surface area contributed by atoms with E-state index in [1.54, 1.807) is 24.3 Å². The van der Waals surface area contributed by atoms with Crippen molar-refractivity contribution in [1.29, 1.82) is 0 Å². The molecule has 1 N–H and O–H groups in total. The average Bonchev–Trinajstić information content (AvgIpc) is 2.65. The lowest BCUT2D eigenvalue weighted by molar-refractivity contribution is -0.139. The SMILES string of the molecule is COc1ccc(S(C)(=O)=O)cc1C(=O)N1Cc2ccccc2C(C(=O)O)C1. The number of amides is 1. The molecule has 1 heterocycles. The Morgan fingerprint density at radius 1 is 1.19 bits per heavy atom. The largest absolute Gasteiger partial charge is 0.496 e. The molecule has 2 aromatic rings. The molecule has 2 aromatic carbocycles. The van der Waals surface area contributed by atoms with Crippen LogP contribution in [0.15, 0.2) is 47.4 Å². The summed E-state index contributed by atoms with van der Waals surface area (Å²) >= 11 is 0. The lowest BCUT2D eigenvalue weighted by Gasteiger charge is -2.33. The molecule has 1 aliphatic heterocycles. The minimum absolute atomic E-state index is 0.00107. The molecule has 3 rings (SSSR count). The van der Waals surface area contributed by atoms with Crippen LogP contribution in [-0.4, -0.2) is 50.2 Å². The van der Waals surface area contributed by atoms with Crippen molar-refractivity contribution >= 4 is 21.7 Å². The van der Waals surface area contributed by atoms with Gasteiger partial charge in [0, 0.05) is 19.3 Å². The zero-order chi connectivity index (χ0) is 19.8. The molecule has 0 bridgehead atoms. The predicted octanol–water partition coefficient (Wildman–Crippen LogP) is 1.92. The first-order valence-electron chi connectivity index (χ1n) is 8.20. The summed E-state index contributed by atoms with van der Waals surface area (Å²) in [6.07, 6.45) is 1.06. The van der Waals surface area contributed by atoms with Gasteiger partial charge in [0.1, 0.15) is 5.75 Å². The zero-order valence-corrected chi connectivity index (χ0v) is 15.7. The number of hydrogen-bond acceptors (Lipinski definition) is 5. The van der Waals surface area contributed by atoms with Gasteiger partial charge in [-0.05, 0) is 29.3 Å². The lowest BCUT2D eigenvalue weighted by atomic mass is 9.89. The molecule has 0 fully saturated rings. The van der Waals surface area contributed by atoms with Crippen LogP contribution in [0.25, 0.3) is 0 Å². The van der Waals surface area contributed by atoms with E-state index >= 15 is 0 Å². The van der Waals surface area contributed by atoms with E-state index in [1.165, 1.54) is 30.2 Å². The Labute approximate surface area is 157 Å². The van der Waals surface area contributed by atoms with E-state index in [-0.39, 0.29) is 29.3 Å². The number of hydrogen-bond donors (Lipinski definition) is 1. The van der Waals surface area contributed by atoms with E-state index in [1.807, 2.05) is 0 Å². The lowest BCUT2D eigenvalue weighted by Crippen LogP contribution is -2.40. The predicted molar refractivity (Wildman–Crippen MR) is 97.7 cm³/mol. The number of benzene rings is 2. The quantitative estimate of drug-likeness (QED) is 0.857. The number of rotatable bonds is 4. The van der Waals surface area contributed by atoms with Gasteiger partial charge in [-0.25, -0.2) is 8.42 Å². The Hall–Kier alpha value is -2.87. The molecule has 0 saturated heterocycles. The number of ether oxygens (including phenoxy) is 1. The van der Waals surface area contributed by atoms with Crippen LogP contribution in [0.3, 0.4) is 0 Å². The van der Waals surface area contributed by atoms with Crippen molar-refractivity contribution in [2.75, 3.05) is 19.9 Å². The summed E-state index contributed by atoms with van der Waals surface area (Å²) < 4.78 is 28.9. The summed E-state index contributed by atoms with van der Waals surface area (Å²) in [4.78, 5) is 26.2. The second-order valence-corrected chi connectivity index (χ2v) is 8.43. The highest BCUT2D eigenvalue weighted by molar-refractivity contribution is 7.90. The highest BCUT2D eigenvalue weighted by atomic mass is 32.2. The monoisotopic (exact) mass is 389 g/mol. The van der Waals surface area contributed by atoms with Crippen LogP contribution >= 0.6 is 0 Å². The van der Waals surface area contributed by atoms with E-state index in [4.69, 9.17) is 4.74 Å². The molecular formula is C19H19NO6S. The van der Waals surface area contributed by atoms with Crippen molar-refractivity contribution in [3.8, 4) is 5.75 Å². The van der Waals surface area contributed by atoms with Crippen LogP contribution in [0.1, 0.15) is 27.4 Å². The van der Waals surface area contributed by atoms with Crippen LogP contribution in [0, 0.1) is 0 Å². The molecule has 0 spiro atoms. The van der Waals surface area contributed by atoms with Crippen LogP contribution < -0.4 is 4.74 Å². The molecule has 27 heavy (non-hydrogen) atoms. The first-order valence-corrected chi connectivity index (χ1v) is 10.1. The van der Waals surface area contributed by atoms with E-state index in [0.717, 1.165) is 11.8 Å². The van der Waals surface area contributed by atoms with Gasteiger partial charge in [-0.15, -0.1) is 0 Å². The van der Waals surface area contributed by atoms with Gasteiger partial charge in [0.2, 0.25) is 0 Å². The number of carbonyl (C=O) groups is 2. The molecule has 0 aliphatic carbocycles. The van der Waals surface area contributed by atoms with E-state index < -0.39 is 27.6 Å². The molecule has 8 heteroatoms. The minimum atomic E-state index is -3.51. The number of fused-ring (bicyclic) bond motifs is 1. The summed E-state index contributed by atoms with van der Waals surface area (Å²) in [5, 5.41) is 9.56. The van der Waals surface area contributed by atoms with Crippen LogP contribution in [0.4, 0.5) is 0 Å². The Morgan fingerprint density at radius 3 is 2.52 bits per heavy atom. The zero-order valence-electron chi connectivity index (χ0n) is 14.9. The second kappa shape index (κ2) is 7.03. The van der Waals surface area contributed by atoms with Crippen molar-refractivity contribution < 1.29 is 27.9 Å². The molecule has 1 aliphatic rings. The third kappa shape index (κ3) is 3.66. The van der Waals surface area contributed by atoms with Crippen LogP contribution in [-0.2, 0) is 21.2 Å². The molecule has 1 atom stereocenters. The standard InChI is InChI=1S/C19H19NO6S/c1-26-17-8-7-13(27(2,24)25)9-15(17)18(21)20-10-12-5-3-4-6-14(12)16(11-20)19(22)23/h3-9,16H,10-11H2,1-2H3,(H,22,23). The fourth-order valence-corrected chi connectivity index (χ4v) is 3.88. The first-order chi connectivity index (χ1) is 12.7. The fourth-order valence-electron chi connectivity index (χ4n) is 3.23. The summed E-state index contributed by atoms with van der Waals surface area (Å²) in [6.45, 7) is 0.239. The van der Waals surface area contributed by atoms with Crippen molar-refractivity contribution in [3.63, 3.8) is 0 Å². The van der Waals surface area contributed by atoms with Crippen molar-refractivity contribution in [2.45, 2.75) is 17.4 Å². The van der Waals surface area contributed by atoms with Gasteiger partial charge >= 0.3 is 5.97 Å². The maximum Gasteiger partial charge on any atom is 0.312 e. The van der Waals surface area contributed by atoms with Gasteiger partial charge in [-0.1, -0.05) is 24.3 Å². The molecule has 0 saturated carbocycles. The Balaban J connectivity index is 2.03. The normalized spacial score (nSPS) is 16.5. The fraction of sp³-hybridized carbons (Fsp3) is 0.263. The van der Waals surface area contributed by atoms with Crippen LogP contribution in [0.5, 0.6) is 5.75 Å². The Kier molecular flexibility index (Phi) is 4.93. The average molecular weight is 389 g/mol. The minimum Gasteiger partial charge on any atom is -0.496 e. The van der Waals surface area contributed by atoms with Crippen molar-refractivity contribution in [3.05, 3.63) is 59.2 Å². The molecule has 142 valence electrons. The number of sulfone groups is 1. The maximum atomic E-state index is 13.1. The number of carboxylic acid groups (broad SMARTS) is 1. The third-order valence-electron chi connectivity index (χ3n) is 4.61. The van der Waals surface area contributed by atoms with Gasteiger partial charge in [-0.2, -0.15) is 0 Å². The summed E-state index contributed by atoms with van der Waals surface area (Å²) in [5.41, 5.74) is 1.53. The molecule has 7 nitrogen and oxygen atoms in total. The number of methoxy groups -OCH3 is 1. The number of nitrogens with zero attached hydrogens (tertiary/aromatic N) is 1. The highest BCUT2D eigenvalue weighted by Crippen LogP contribution is 2.31. The summed E-state index contributed by atoms with van der Waals surface area (Å²) in [6, 6.07) is 11.2. The Bertz CT molecular complexity index is 1010. The van der Waals surface area contributed by atoms with Crippen molar-refractivity contribution in [1.82, 2.24) is 4.90 Å². The van der Waals surface area contributed by atoms with Gasteiger partial charge in [-0.3, -0.25) is 9.59 Å². The summed E-state index contributed by atoms with van der Waals surface area (Å²) in [5.74, 6) is -2.10. The summed E-state index contributed by atoms with van der Waals surface area (Å²) in [7, 11) is -2.12. The maximum absolute atomic E-state index is 13.1. The molecule has 1 amide bonds.